The molecule has 1 aromatic carbocycles. The summed E-state index contributed by atoms with van der Waals surface area (Å²) >= 11 is 0. The minimum atomic E-state index is -3.76. The molecule has 0 aliphatic carbocycles. The molecule has 0 bridgehead atoms. The Bertz CT molecular complexity index is 878. The summed E-state index contributed by atoms with van der Waals surface area (Å²) in [6, 6.07) is 6.92. The molecule has 1 N–H and O–H groups in total. The second kappa shape index (κ2) is 5.66. The van der Waals surface area contributed by atoms with Gasteiger partial charge >= 0.3 is 0 Å². The van der Waals surface area contributed by atoms with Crippen LogP contribution in [0.5, 0.6) is 0 Å². The number of aryl methyl sites for hydroxylation is 2. The average molecular weight is 331 g/mol. The highest BCUT2D eigenvalue weighted by atomic mass is 32.2. The van der Waals surface area contributed by atoms with Gasteiger partial charge in [-0.3, -0.25) is 14.1 Å². The van der Waals surface area contributed by atoms with Crippen molar-refractivity contribution in [3.05, 3.63) is 47.8 Å². The normalized spacial score (nSPS) is 14.9. The molecule has 3 rings (SSSR count). The van der Waals surface area contributed by atoms with Crippen molar-refractivity contribution in [2.24, 2.45) is 0 Å². The molecule has 1 aliphatic rings. The van der Waals surface area contributed by atoms with Gasteiger partial charge in [-0.1, -0.05) is 12.1 Å². The molecule has 2 aromatic rings. The van der Waals surface area contributed by atoms with E-state index in [4.69, 9.17) is 0 Å². The van der Waals surface area contributed by atoms with Crippen LogP contribution in [0.25, 0.3) is 0 Å². The Kier molecular flexibility index (Phi) is 3.81. The fraction of sp³-hybridized carbons (Fsp3) is 0.250. The van der Waals surface area contributed by atoms with Gasteiger partial charge in [0.2, 0.25) is 5.91 Å². The Balaban J connectivity index is 2.17. The Hall–Kier alpha value is -2.41. The van der Waals surface area contributed by atoms with Gasteiger partial charge in [-0.2, -0.15) is 0 Å². The van der Waals surface area contributed by atoms with Crippen LogP contribution < -0.4 is 9.62 Å². The van der Waals surface area contributed by atoms with Gasteiger partial charge in [0.15, 0.2) is 0 Å². The van der Waals surface area contributed by atoms with E-state index in [0.29, 0.717) is 16.9 Å². The summed E-state index contributed by atoms with van der Waals surface area (Å²) in [5.74, 6) is -0.224. The van der Waals surface area contributed by atoms with Crippen LogP contribution >= 0.6 is 0 Å². The lowest BCUT2D eigenvalue weighted by Crippen LogP contribution is -2.32. The van der Waals surface area contributed by atoms with Crippen molar-refractivity contribution in [2.45, 2.75) is 25.2 Å². The Morgan fingerprint density at radius 2 is 2.00 bits per heavy atom. The second-order valence-electron chi connectivity index (χ2n) is 5.54. The van der Waals surface area contributed by atoms with Crippen molar-refractivity contribution in [1.82, 2.24) is 4.98 Å². The molecular formula is C16H17N3O3S. The molecular weight excluding hydrogens is 314 g/mol. The van der Waals surface area contributed by atoms with E-state index in [1.807, 2.05) is 13.0 Å². The predicted molar refractivity (Wildman–Crippen MR) is 87.9 cm³/mol. The van der Waals surface area contributed by atoms with Crippen molar-refractivity contribution >= 4 is 27.3 Å². The van der Waals surface area contributed by atoms with E-state index < -0.39 is 10.0 Å². The molecule has 1 amide bonds. The Labute approximate surface area is 135 Å². The van der Waals surface area contributed by atoms with E-state index >= 15 is 0 Å². The zero-order valence-corrected chi connectivity index (χ0v) is 13.7. The van der Waals surface area contributed by atoms with Crippen LogP contribution in [-0.4, -0.2) is 25.9 Å². The minimum absolute atomic E-state index is 0.0958. The summed E-state index contributed by atoms with van der Waals surface area (Å²) < 4.78 is 27.6. The molecule has 23 heavy (non-hydrogen) atoms. The molecule has 0 radical (unpaired) electrons. The van der Waals surface area contributed by atoms with E-state index in [9.17, 15) is 13.2 Å². The van der Waals surface area contributed by atoms with E-state index in [0.717, 1.165) is 5.56 Å². The topological polar surface area (TPSA) is 79.4 Å². The zero-order chi connectivity index (χ0) is 16.6. The van der Waals surface area contributed by atoms with Crippen LogP contribution in [0.15, 0.2) is 41.6 Å². The number of fused-ring (bicyclic) bond motifs is 1. The molecule has 0 spiro atoms. The third-order valence-electron chi connectivity index (χ3n) is 3.79. The summed E-state index contributed by atoms with van der Waals surface area (Å²) in [6.07, 6.45) is 3.07. The summed E-state index contributed by atoms with van der Waals surface area (Å²) in [5.41, 5.74) is 2.39. The lowest BCUT2D eigenvalue weighted by molar-refractivity contribution is -0.115. The molecule has 0 atom stereocenters. The molecule has 1 aromatic heterocycles. The molecule has 0 saturated carbocycles. The molecule has 0 saturated heterocycles. The maximum absolute atomic E-state index is 13.1. The highest BCUT2D eigenvalue weighted by Gasteiger charge is 2.31. The van der Waals surface area contributed by atoms with Crippen LogP contribution in [-0.2, 0) is 14.8 Å². The fourth-order valence-corrected chi connectivity index (χ4v) is 4.39. The number of hydrogen-bond acceptors (Lipinski definition) is 4. The SMILES string of the molecule is Cc1ccc(C)c(S(=O)(=O)N2CCC(=O)Nc3cnccc32)c1. The summed E-state index contributed by atoms with van der Waals surface area (Å²) in [7, 11) is -3.76. The van der Waals surface area contributed by atoms with Crippen LogP contribution in [0.2, 0.25) is 0 Å². The first-order chi connectivity index (χ1) is 10.9. The van der Waals surface area contributed by atoms with Gasteiger partial charge < -0.3 is 5.32 Å². The van der Waals surface area contributed by atoms with Gasteiger partial charge in [-0.15, -0.1) is 0 Å². The molecule has 2 heterocycles. The van der Waals surface area contributed by atoms with Crippen LogP contribution in [0.1, 0.15) is 17.5 Å². The highest BCUT2D eigenvalue weighted by molar-refractivity contribution is 7.93. The minimum Gasteiger partial charge on any atom is -0.323 e. The van der Waals surface area contributed by atoms with Gasteiger partial charge in [0.25, 0.3) is 10.0 Å². The summed E-state index contributed by atoms with van der Waals surface area (Å²) in [5, 5.41) is 2.69. The number of benzene rings is 1. The maximum atomic E-state index is 13.1. The molecule has 120 valence electrons. The number of nitrogens with zero attached hydrogens (tertiary/aromatic N) is 2. The van der Waals surface area contributed by atoms with E-state index in [-0.39, 0.29) is 23.8 Å². The largest absolute Gasteiger partial charge is 0.323 e. The van der Waals surface area contributed by atoms with Crippen molar-refractivity contribution in [3.63, 3.8) is 0 Å². The monoisotopic (exact) mass is 331 g/mol. The average Bonchev–Trinajstić information content (AvgIpc) is 2.68. The lowest BCUT2D eigenvalue weighted by atomic mass is 10.2. The molecule has 0 fully saturated rings. The lowest BCUT2D eigenvalue weighted by Gasteiger charge is -2.24. The fourth-order valence-electron chi connectivity index (χ4n) is 2.59. The Morgan fingerprint density at radius 1 is 1.22 bits per heavy atom. The van der Waals surface area contributed by atoms with Gasteiger partial charge in [-0.25, -0.2) is 8.42 Å². The third kappa shape index (κ3) is 2.79. The molecule has 1 aliphatic heterocycles. The van der Waals surface area contributed by atoms with Gasteiger partial charge in [-0.05, 0) is 37.1 Å². The summed E-state index contributed by atoms with van der Waals surface area (Å²) in [6.45, 7) is 3.71. The maximum Gasteiger partial charge on any atom is 0.264 e. The number of hydrogen-bond donors (Lipinski definition) is 1. The number of anilines is 2. The standard InChI is InChI=1S/C16H17N3O3S/c1-11-3-4-12(2)15(9-11)23(21,22)19-8-6-16(20)18-13-10-17-7-5-14(13)19/h3-5,7,9-10H,6,8H2,1-2H3,(H,18,20). The van der Waals surface area contributed by atoms with Gasteiger partial charge in [0.05, 0.1) is 22.5 Å². The summed E-state index contributed by atoms with van der Waals surface area (Å²) in [4.78, 5) is 16.0. The third-order valence-corrected chi connectivity index (χ3v) is 5.75. The van der Waals surface area contributed by atoms with Crippen molar-refractivity contribution < 1.29 is 13.2 Å². The van der Waals surface area contributed by atoms with Crippen molar-refractivity contribution in [3.8, 4) is 0 Å². The van der Waals surface area contributed by atoms with Crippen molar-refractivity contribution in [2.75, 3.05) is 16.2 Å². The molecule has 7 heteroatoms. The smallest absolute Gasteiger partial charge is 0.264 e. The number of carbonyl (C=O) groups excluding carboxylic acids is 1. The zero-order valence-electron chi connectivity index (χ0n) is 12.9. The first kappa shape index (κ1) is 15.5. The van der Waals surface area contributed by atoms with Crippen LogP contribution in [0, 0.1) is 13.8 Å². The number of rotatable bonds is 2. The second-order valence-corrected chi connectivity index (χ2v) is 7.37. The van der Waals surface area contributed by atoms with E-state index in [1.54, 1.807) is 25.1 Å². The number of nitrogens with one attached hydrogen (secondary N) is 1. The number of amides is 1. The van der Waals surface area contributed by atoms with Crippen molar-refractivity contribution in [1.29, 1.82) is 0 Å². The van der Waals surface area contributed by atoms with Gasteiger partial charge in [0, 0.05) is 19.2 Å². The Morgan fingerprint density at radius 3 is 2.78 bits per heavy atom. The number of carbonyl (C=O) groups is 1. The number of pyridine rings is 1. The van der Waals surface area contributed by atoms with E-state index in [1.165, 1.54) is 16.7 Å². The first-order valence-corrected chi connectivity index (χ1v) is 8.67. The quantitative estimate of drug-likeness (QED) is 0.915. The molecule has 6 nitrogen and oxygen atoms in total. The van der Waals surface area contributed by atoms with Crippen LogP contribution in [0.4, 0.5) is 11.4 Å². The number of sulfonamides is 1. The van der Waals surface area contributed by atoms with Gasteiger partial charge in [0.1, 0.15) is 0 Å². The number of aromatic nitrogens is 1. The van der Waals surface area contributed by atoms with Crippen LogP contribution in [0.3, 0.4) is 0 Å². The van der Waals surface area contributed by atoms with E-state index in [2.05, 4.69) is 10.3 Å². The molecule has 0 unspecified atom stereocenters. The predicted octanol–water partition coefficient (Wildman–Crippen LogP) is 2.24. The first-order valence-electron chi connectivity index (χ1n) is 7.23. The highest BCUT2D eigenvalue weighted by Crippen LogP contribution is 2.33.